The zero-order chi connectivity index (χ0) is 31.3. The van der Waals surface area contributed by atoms with E-state index in [1.807, 2.05) is 34.6 Å². The molecule has 0 aliphatic heterocycles. The maximum Gasteiger partial charge on any atom is 0.509 e. The highest BCUT2D eigenvalue weighted by atomic mass is 16.7. The summed E-state index contributed by atoms with van der Waals surface area (Å²) in [6, 6.07) is 3.65. The van der Waals surface area contributed by atoms with Crippen LogP contribution in [0.2, 0.25) is 0 Å². The van der Waals surface area contributed by atoms with E-state index < -0.39 is 47.9 Å². The summed E-state index contributed by atoms with van der Waals surface area (Å²) in [4.78, 5) is 49.7. The van der Waals surface area contributed by atoms with Crippen molar-refractivity contribution in [3.05, 3.63) is 23.8 Å². The molecular formula is C31H49NO9. The second kappa shape index (κ2) is 17.0. The molecule has 2 N–H and O–H groups in total. The number of hydrogen-bond donors (Lipinski definition) is 1. The first-order chi connectivity index (χ1) is 19.1. The van der Waals surface area contributed by atoms with Gasteiger partial charge in [-0.3, -0.25) is 14.4 Å². The molecule has 0 bridgehead atoms. The van der Waals surface area contributed by atoms with Gasteiger partial charge in [-0.25, -0.2) is 4.79 Å². The molecule has 0 aliphatic carbocycles. The molecule has 232 valence electrons. The molecule has 0 aromatic heterocycles. The van der Waals surface area contributed by atoms with Crippen LogP contribution >= 0.6 is 0 Å². The third-order valence-corrected chi connectivity index (χ3v) is 7.09. The molecule has 0 radical (unpaired) electrons. The Hall–Kier alpha value is -3.14. The van der Waals surface area contributed by atoms with Crippen LogP contribution in [0.1, 0.15) is 100.0 Å². The van der Waals surface area contributed by atoms with Gasteiger partial charge in [0, 0.05) is 12.8 Å². The van der Waals surface area contributed by atoms with Crippen LogP contribution in [0.4, 0.5) is 4.79 Å². The van der Waals surface area contributed by atoms with E-state index in [1.165, 1.54) is 12.1 Å². The molecule has 1 aromatic carbocycles. The molecule has 10 nitrogen and oxygen atoms in total. The second-order valence-electron chi connectivity index (χ2n) is 11.4. The quantitative estimate of drug-likeness (QED) is 0.186. The van der Waals surface area contributed by atoms with Crippen molar-refractivity contribution in [3.8, 4) is 11.5 Å². The first-order valence-corrected chi connectivity index (χ1v) is 14.5. The number of benzene rings is 1. The largest absolute Gasteiger partial charge is 0.509 e. The summed E-state index contributed by atoms with van der Waals surface area (Å²) in [6.07, 6.45) is 0.324. The lowest BCUT2D eigenvalue weighted by Gasteiger charge is -2.26. The molecule has 0 aliphatic rings. The summed E-state index contributed by atoms with van der Waals surface area (Å²) in [5.41, 5.74) is 6.02. The van der Waals surface area contributed by atoms with E-state index in [9.17, 15) is 19.2 Å². The zero-order valence-corrected chi connectivity index (χ0v) is 26.1. The highest BCUT2D eigenvalue weighted by Gasteiger charge is 2.28. The summed E-state index contributed by atoms with van der Waals surface area (Å²) < 4.78 is 27.0. The lowest BCUT2D eigenvalue weighted by Crippen LogP contribution is -2.40. The van der Waals surface area contributed by atoms with Gasteiger partial charge in [0.05, 0.1) is 0 Å². The summed E-state index contributed by atoms with van der Waals surface area (Å²) >= 11 is 0. The first kappa shape index (κ1) is 35.9. The molecule has 0 amide bonds. The van der Waals surface area contributed by atoms with Crippen molar-refractivity contribution in [2.75, 3.05) is 0 Å². The summed E-state index contributed by atoms with van der Waals surface area (Å²) in [5, 5.41) is 0. The molecule has 0 saturated carbocycles. The van der Waals surface area contributed by atoms with Gasteiger partial charge < -0.3 is 29.4 Å². The molecule has 0 heterocycles. The molecule has 10 heteroatoms. The number of carbonyl (C=O) groups is 4. The van der Waals surface area contributed by atoms with Crippen LogP contribution < -0.4 is 15.2 Å². The number of hydrogen-bond acceptors (Lipinski definition) is 10. The van der Waals surface area contributed by atoms with Crippen molar-refractivity contribution in [3.63, 3.8) is 0 Å². The minimum atomic E-state index is -1.06. The van der Waals surface area contributed by atoms with Gasteiger partial charge in [0.2, 0.25) is 0 Å². The fourth-order valence-corrected chi connectivity index (χ4v) is 3.30. The van der Waals surface area contributed by atoms with Gasteiger partial charge in [-0.2, -0.15) is 0 Å². The van der Waals surface area contributed by atoms with Crippen molar-refractivity contribution in [1.29, 1.82) is 0 Å². The molecular weight excluding hydrogens is 530 g/mol. The van der Waals surface area contributed by atoms with E-state index in [1.54, 1.807) is 33.8 Å². The van der Waals surface area contributed by atoms with Crippen molar-refractivity contribution < 1.29 is 42.9 Å². The number of nitrogens with two attached hydrogens (primary N) is 1. The Kier molecular flexibility index (Phi) is 14.8. The van der Waals surface area contributed by atoms with Crippen molar-refractivity contribution in [2.24, 2.45) is 17.6 Å². The lowest BCUT2D eigenvalue weighted by molar-refractivity contribution is -0.156. The van der Waals surface area contributed by atoms with Crippen LogP contribution in [0.5, 0.6) is 11.5 Å². The highest BCUT2D eigenvalue weighted by Crippen LogP contribution is 2.31. The number of rotatable bonds is 16. The van der Waals surface area contributed by atoms with E-state index in [4.69, 9.17) is 29.4 Å². The smallest absolute Gasteiger partial charge is 0.458 e. The number of carbonyl (C=O) groups excluding carboxylic acids is 4. The van der Waals surface area contributed by atoms with E-state index in [0.29, 0.717) is 12.0 Å². The molecule has 41 heavy (non-hydrogen) atoms. The summed E-state index contributed by atoms with van der Waals surface area (Å²) in [7, 11) is 0. The average Bonchev–Trinajstić information content (AvgIpc) is 2.89. The SMILES string of the molecule is CCC(C)CC(=O)Oc1ccc(C[C@H](N)C(=O)O[C@@H](C)C(C)OC(=O)OC(C)(C)CC)cc1OC(=O)CC(C)CC. The Labute approximate surface area is 244 Å². The normalized spacial score (nSPS) is 15.1. The Bertz CT molecular complexity index is 1020. The molecule has 5 atom stereocenters. The number of esters is 3. The van der Waals surface area contributed by atoms with Crippen LogP contribution in [0.3, 0.4) is 0 Å². The van der Waals surface area contributed by atoms with Crippen molar-refractivity contribution in [1.82, 2.24) is 0 Å². The fourth-order valence-electron chi connectivity index (χ4n) is 3.30. The topological polar surface area (TPSA) is 140 Å². The molecule has 0 spiro atoms. The van der Waals surface area contributed by atoms with Crippen LogP contribution in [0, 0.1) is 11.8 Å². The monoisotopic (exact) mass is 579 g/mol. The zero-order valence-electron chi connectivity index (χ0n) is 26.1. The summed E-state index contributed by atoms with van der Waals surface area (Å²) in [6.45, 7) is 16.5. The van der Waals surface area contributed by atoms with Gasteiger partial charge in [0.25, 0.3) is 0 Å². The molecule has 1 aromatic rings. The predicted molar refractivity (Wildman–Crippen MR) is 154 cm³/mol. The van der Waals surface area contributed by atoms with Gasteiger partial charge >= 0.3 is 24.1 Å². The maximum absolute atomic E-state index is 12.7. The standard InChI is InChI=1S/C31H49NO9/c1-10-19(4)15-27(33)39-25-14-13-23(18-26(25)40-28(34)16-20(5)11-2)17-24(32)29(35)37-21(6)22(7)38-30(36)41-31(8,9)12-3/h13-14,18-22,24H,10-12,15-17,32H2,1-9H3/t19?,20?,21-,22?,24-/m0/s1. The van der Waals surface area contributed by atoms with Crippen molar-refractivity contribution in [2.45, 2.75) is 125 Å². The van der Waals surface area contributed by atoms with E-state index in [-0.39, 0.29) is 42.6 Å². The van der Waals surface area contributed by atoms with Crippen LogP contribution in [0.15, 0.2) is 18.2 Å². The highest BCUT2D eigenvalue weighted by molar-refractivity contribution is 5.77. The van der Waals surface area contributed by atoms with E-state index in [0.717, 1.165) is 12.8 Å². The Morgan fingerprint density at radius 1 is 0.805 bits per heavy atom. The van der Waals surface area contributed by atoms with Gasteiger partial charge in [0.15, 0.2) is 11.5 Å². The van der Waals surface area contributed by atoms with Crippen LogP contribution in [-0.4, -0.2) is 47.9 Å². The fraction of sp³-hybridized carbons (Fsp3) is 0.677. The van der Waals surface area contributed by atoms with Crippen LogP contribution in [-0.2, 0) is 35.0 Å². The minimum absolute atomic E-state index is 0.0601. The molecule has 0 fully saturated rings. The third-order valence-electron chi connectivity index (χ3n) is 7.09. The third kappa shape index (κ3) is 13.4. The predicted octanol–water partition coefficient (Wildman–Crippen LogP) is 5.90. The number of ether oxygens (including phenoxy) is 5. The Morgan fingerprint density at radius 2 is 1.32 bits per heavy atom. The molecule has 3 unspecified atom stereocenters. The maximum atomic E-state index is 12.7. The van der Waals surface area contributed by atoms with Gasteiger partial charge in [-0.15, -0.1) is 0 Å². The summed E-state index contributed by atoms with van der Waals surface area (Å²) in [5.74, 6) is -1.12. The van der Waals surface area contributed by atoms with E-state index in [2.05, 4.69) is 0 Å². The minimum Gasteiger partial charge on any atom is -0.458 e. The Balaban J connectivity index is 2.93. The van der Waals surface area contributed by atoms with Gasteiger partial charge in [0.1, 0.15) is 23.9 Å². The van der Waals surface area contributed by atoms with Gasteiger partial charge in [-0.05, 0) is 70.1 Å². The Morgan fingerprint density at radius 3 is 1.83 bits per heavy atom. The second-order valence-corrected chi connectivity index (χ2v) is 11.4. The van der Waals surface area contributed by atoms with E-state index >= 15 is 0 Å². The average molecular weight is 580 g/mol. The van der Waals surface area contributed by atoms with Gasteiger partial charge in [-0.1, -0.05) is 53.5 Å². The first-order valence-electron chi connectivity index (χ1n) is 14.5. The van der Waals surface area contributed by atoms with Crippen LogP contribution in [0.25, 0.3) is 0 Å². The lowest BCUT2D eigenvalue weighted by atomic mass is 10.0. The van der Waals surface area contributed by atoms with Crippen molar-refractivity contribution >= 4 is 24.1 Å². The molecule has 0 saturated heterocycles. The molecule has 1 rings (SSSR count).